The van der Waals surface area contributed by atoms with Crippen LogP contribution in [0.2, 0.25) is 0 Å². The minimum atomic E-state index is -3.43. The number of fused-ring (bicyclic) bond motifs is 1. The van der Waals surface area contributed by atoms with Crippen LogP contribution in [-0.4, -0.2) is 59.8 Å². The van der Waals surface area contributed by atoms with Gasteiger partial charge >= 0.3 is 0 Å². The zero-order chi connectivity index (χ0) is 19.9. The second-order valence-corrected chi connectivity index (χ2v) is 10.3. The van der Waals surface area contributed by atoms with Crippen LogP contribution in [0.5, 0.6) is 5.75 Å². The number of hydrogen-bond donors (Lipinski definition) is 0. The molecule has 3 heterocycles. The fraction of sp³-hybridized carbons (Fsp3) is 0.455. The average molecular weight is 415 g/mol. The van der Waals surface area contributed by atoms with Gasteiger partial charge < -0.3 is 14.0 Å². The smallest absolute Gasteiger partial charge is 0.175 e. The van der Waals surface area contributed by atoms with Gasteiger partial charge in [-0.05, 0) is 29.3 Å². The van der Waals surface area contributed by atoms with Gasteiger partial charge in [-0.2, -0.15) is 0 Å². The van der Waals surface area contributed by atoms with Crippen LogP contribution in [0.25, 0.3) is 0 Å². The topological polar surface area (TPSA) is 65.1 Å². The normalized spacial score (nSPS) is 23.6. The van der Waals surface area contributed by atoms with Crippen molar-refractivity contribution in [3.05, 3.63) is 59.7 Å². The van der Waals surface area contributed by atoms with E-state index in [1.807, 2.05) is 6.07 Å². The fourth-order valence-corrected chi connectivity index (χ4v) is 6.30. The van der Waals surface area contributed by atoms with Crippen molar-refractivity contribution in [3.63, 3.8) is 0 Å². The van der Waals surface area contributed by atoms with Crippen molar-refractivity contribution in [1.82, 2.24) is 9.21 Å². The molecule has 2 fully saturated rings. The molecular formula is C22H26N2O4S. The molecule has 2 aromatic rings. The molecule has 29 heavy (non-hydrogen) atoms. The molecule has 2 saturated heterocycles. The van der Waals surface area contributed by atoms with Gasteiger partial charge in [0.05, 0.1) is 32.9 Å². The Morgan fingerprint density at radius 3 is 2.72 bits per heavy atom. The summed E-state index contributed by atoms with van der Waals surface area (Å²) >= 11 is 0. The number of sulfonamides is 1. The van der Waals surface area contributed by atoms with Crippen molar-refractivity contribution >= 4 is 10.4 Å². The van der Waals surface area contributed by atoms with E-state index in [9.17, 15) is 8.76 Å². The quantitative estimate of drug-likeness (QED) is 0.719. The molecule has 154 valence electrons. The molecule has 1 unspecified atom stereocenters. The molecule has 7 heteroatoms. The largest absolute Gasteiger partial charge is 0.593 e. The summed E-state index contributed by atoms with van der Waals surface area (Å²) in [6.45, 7) is 5.65. The Balaban J connectivity index is 1.26. The summed E-state index contributed by atoms with van der Waals surface area (Å²) in [7, 11) is -3.43. The van der Waals surface area contributed by atoms with E-state index < -0.39 is 10.4 Å². The Morgan fingerprint density at radius 2 is 1.90 bits per heavy atom. The standard InChI is InChI=1S/C22H26N2O4S/c25-29(26,20-4-2-1-3-5-20)24-15-22(16-24)14-23(9-11-27-17-22)13-18-6-7-21-19(12-18)8-10-28-21/h1-7,12H,8-11,13-17H2. The molecule has 0 N–H and O–H groups in total. The molecule has 0 radical (unpaired) electrons. The van der Waals surface area contributed by atoms with Crippen LogP contribution in [-0.2, 0) is 32.3 Å². The van der Waals surface area contributed by atoms with Gasteiger partial charge in [-0.1, -0.05) is 34.5 Å². The highest BCUT2D eigenvalue weighted by molar-refractivity contribution is 7.95. The zero-order valence-corrected chi connectivity index (χ0v) is 17.2. The first-order chi connectivity index (χ1) is 14.0. The van der Waals surface area contributed by atoms with Gasteiger partial charge in [-0.3, -0.25) is 4.90 Å². The minimum Gasteiger partial charge on any atom is -0.593 e. The Bertz CT molecular complexity index is 930. The predicted octanol–water partition coefficient (Wildman–Crippen LogP) is 2.36. The van der Waals surface area contributed by atoms with Crippen molar-refractivity contribution < 1.29 is 18.2 Å². The number of nitrogens with zero attached hydrogens (tertiary/aromatic N) is 2. The summed E-state index contributed by atoms with van der Waals surface area (Å²) in [6, 6.07) is 15.1. The minimum absolute atomic E-state index is 0.127. The number of rotatable bonds is 4. The maximum atomic E-state index is 12.9. The van der Waals surface area contributed by atoms with Crippen molar-refractivity contribution in [2.45, 2.75) is 17.9 Å². The molecule has 0 bridgehead atoms. The van der Waals surface area contributed by atoms with E-state index in [4.69, 9.17) is 9.47 Å². The van der Waals surface area contributed by atoms with Gasteiger partial charge in [-0.15, -0.1) is 4.31 Å². The van der Waals surface area contributed by atoms with Crippen LogP contribution in [0.4, 0.5) is 0 Å². The summed E-state index contributed by atoms with van der Waals surface area (Å²) in [6.07, 6.45) is 0.975. The lowest BCUT2D eigenvalue weighted by atomic mass is 9.82. The summed E-state index contributed by atoms with van der Waals surface area (Å²) in [4.78, 5) is 2.76. The Labute approximate surface area is 172 Å². The van der Waals surface area contributed by atoms with Crippen LogP contribution in [0.3, 0.4) is 0 Å². The third kappa shape index (κ3) is 3.73. The molecule has 0 aliphatic carbocycles. The molecule has 0 saturated carbocycles. The van der Waals surface area contributed by atoms with Crippen LogP contribution in [0.15, 0.2) is 53.4 Å². The van der Waals surface area contributed by atoms with E-state index in [-0.39, 0.29) is 5.41 Å². The van der Waals surface area contributed by atoms with Crippen LogP contribution in [0.1, 0.15) is 11.1 Å². The van der Waals surface area contributed by atoms with E-state index >= 15 is 0 Å². The number of hydrogen-bond acceptors (Lipinski definition) is 5. The molecule has 0 aromatic heterocycles. The van der Waals surface area contributed by atoms with Gasteiger partial charge in [0.1, 0.15) is 5.75 Å². The first kappa shape index (κ1) is 19.2. The molecule has 5 rings (SSSR count). The molecular weight excluding hydrogens is 388 g/mol. The summed E-state index contributed by atoms with van der Waals surface area (Å²) in [5.74, 6) is 1.00. The van der Waals surface area contributed by atoms with E-state index in [2.05, 4.69) is 23.1 Å². The Morgan fingerprint density at radius 1 is 1.07 bits per heavy atom. The maximum Gasteiger partial charge on any atom is 0.175 e. The molecule has 2 aromatic carbocycles. The third-order valence-electron chi connectivity index (χ3n) is 6.08. The third-order valence-corrected chi connectivity index (χ3v) is 7.89. The lowest BCUT2D eigenvalue weighted by Crippen LogP contribution is -2.64. The fourth-order valence-electron chi connectivity index (χ4n) is 4.62. The average Bonchev–Trinajstić information content (AvgIpc) is 3.06. The Hall–Kier alpha value is -1.77. The highest BCUT2D eigenvalue weighted by Gasteiger charge is 2.53. The van der Waals surface area contributed by atoms with E-state index in [0.29, 0.717) is 31.2 Å². The molecule has 0 amide bonds. The summed E-state index contributed by atoms with van der Waals surface area (Å²) in [5, 5.41) is 0. The lowest BCUT2D eigenvalue weighted by molar-refractivity contribution is -0.0207. The number of benzene rings is 2. The van der Waals surface area contributed by atoms with Gasteiger partial charge in [0.25, 0.3) is 0 Å². The van der Waals surface area contributed by atoms with Gasteiger partial charge in [0.15, 0.2) is 15.3 Å². The molecule has 3 aliphatic heterocycles. The zero-order valence-electron chi connectivity index (χ0n) is 16.4. The lowest BCUT2D eigenvalue weighted by Gasteiger charge is -2.49. The van der Waals surface area contributed by atoms with E-state index in [0.717, 1.165) is 38.4 Å². The molecule has 1 spiro atoms. The molecule has 1 atom stereocenters. The van der Waals surface area contributed by atoms with E-state index in [1.54, 1.807) is 28.6 Å². The Kier molecular flexibility index (Phi) is 4.96. The maximum absolute atomic E-state index is 12.9. The highest BCUT2D eigenvalue weighted by atomic mass is 32.3. The van der Waals surface area contributed by atoms with Crippen molar-refractivity contribution in [2.24, 2.45) is 5.41 Å². The monoisotopic (exact) mass is 414 g/mol. The first-order valence-corrected chi connectivity index (χ1v) is 11.6. The molecule has 6 nitrogen and oxygen atoms in total. The summed E-state index contributed by atoms with van der Waals surface area (Å²) in [5.41, 5.74) is 2.43. The van der Waals surface area contributed by atoms with Crippen molar-refractivity contribution in [2.75, 3.05) is 46.0 Å². The molecule has 3 aliphatic rings. The summed E-state index contributed by atoms with van der Waals surface area (Å²) < 4.78 is 38.8. The van der Waals surface area contributed by atoms with Crippen molar-refractivity contribution in [1.29, 1.82) is 0 Å². The second kappa shape index (κ2) is 7.49. The van der Waals surface area contributed by atoms with Gasteiger partial charge in [0.2, 0.25) is 0 Å². The number of ether oxygens (including phenoxy) is 2. The second-order valence-electron chi connectivity index (χ2n) is 8.39. The SMILES string of the molecule is O=[S+]([O-])(c1ccccc1)N1CC2(COCCN(Cc3ccc4c(c3)CCO4)C2)C1. The first-order valence-electron chi connectivity index (χ1n) is 10.1. The van der Waals surface area contributed by atoms with Crippen LogP contribution >= 0.6 is 0 Å². The van der Waals surface area contributed by atoms with Crippen LogP contribution < -0.4 is 4.74 Å². The highest BCUT2D eigenvalue weighted by Crippen LogP contribution is 2.39. The van der Waals surface area contributed by atoms with E-state index in [1.165, 1.54) is 11.1 Å². The van der Waals surface area contributed by atoms with Crippen LogP contribution in [0, 0.1) is 5.41 Å². The van der Waals surface area contributed by atoms with Crippen molar-refractivity contribution in [3.8, 4) is 5.75 Å². The van der Waals surface area contributed by atoms with Gasteiger partial charge in [0, 0.05) is 31.5 Å². The predicted molar refractivity (Wildman–Crippen MR) is 109 cm³/mol. The van der Waals surface area contributed by atoms with Gasteiger partial charge in [-0.25, -0.2) is 0 Å².